The van der Waals surface area contributed by atoms with Gasteiger partial charge in [0.05, 0.1) is 0 Å². The molecule has 3 fully saturated rings. The molecule has 3 aliphatic rings. The van der Waals surface area contributed by atoms with Crippen molar-refractivity contribution in [3.05, 3.63) is 0 Å². The van der Waals surface area contributed by atoms with Crippen LogP contribution >= 0.6 is 0 Å². The molecule has 3 rings (SSSR count). The molecular formula is C14H27N3. The molecule has 1 saturated carbocycles. The van der Waals surface area contributed by atoms with E-state index in [0.29, 0.717) is 6.04 Å². The van der Waals surface area contributed by atoms with Gasteiger partial charge in [-0.3, -0.25) is 0 Å². The summed E-state index contributed by atoms with van der Waals surface area (Å²) in [5.41, 5.74) is 5.98. The molecule has 3 nitrogen and oxygen atoms in total. The molecule has 2 aliphatic heterocycles. The summed E-state index contributed by atoms with van der Waals surface area (Å²) in [5.74, 6) is 1.06. The van der Waals surface area contributed by atoms with Crippen LogP contribution in [0.4, 0.5) is 0 Å². The maximum atomic E-state index is 5.98. The average molecular weight is 237 g/mol. The smallest absolute Gasteiger partial charge is 0.0120 e. The molecule has 98 valence electrons. The minimum absolute atomic E-state index is 0.473. The van der Waals surface area contributed by atoms with Gasteiger partial charge in [-0.25, -0.2) is 0 Å². The van der Waals surface area contributed by atoms with E-state index in [0.717, 1.165) is 12.0 Å². The Morgan fingerprint density at radius 2 is 1.47 bits per heavy atom. The molecule has 0 spiro atoms. The first kappa shape index (κ1) is 11.9. The van der Waals surface area contributed by atoms with Crippen LogP contribution in [-0.4, -0.2) is 54.6 Å². The number of piperidine rings is 2. The summed E-state index contributed by atoms with van der Waals surface area (Å²) in [5, 5.41) is 0. The van der Waals surface area contributed by atoms with Gasteiger partial charge in [-0.2, -0.15) is 0 Å². The van der Waals surface area contributed by atoms with Crippen molar-refractivity contribution in [2.24, 2.45) is 11.7 Å². The predicted molar refractivity (Wildman–Crippen MR) is 71.0 cm³/mol. The first-order valence-corrected chi connectivity index (χ1v) is 7.53. The van der Waals surface area contributed by atoms with E-state index in [2.05, 4.69) is 9.80 Å². The molecule has 2 saturated heterocycles. The van der Waals surface area contributed by atoms with Crippen molar-refractivity contribution in [3.63, 3.8) is 0 Å². The average Bonchev–Trinajstić information content (AvgIpc) is 3.15. The summed E-state index contributed by atoms with van der Waals surface area (Å²) < 4.78 is 0. The quantitative estimate of drug-likeness (QED) is 0.803. The van der Waals surface area contributed by atoms with Gasteiger partial charge < -0.3 is 15.5 Å². The van der Waals surface area contributed by atoms with Crippen molar-refractivity contribution in [3.8, 4) is 0 Å². The fourth-order valence-electron chi connectivity index (χ4n) is 3.42. The summed E-state index contributed by atoms with van der Waals surface area (Å²) >= 11 is 0. The summed E-state index contributed by atoms with van der Waals surface area (Å²) in [6.07, 6.45) is 8.18. The van der Waals surface area contributed by atoms with E-state index >= 15 is 0 Å². The third-order valence-electron chi connectivity index (χ3n) is 4.86. The predicted octanol–water partition coefficient (Wildman–Crippen LogP) is 1.28. The second-order valence-electron chi connectivity index (χ2n) is 6.35. The number of hydrogen-bond acceptors (Lipinski definition) is 3. The highest BCUT2D eigenvalue weighted by atomic mass is 15.2. The van der Waals surface area contributed by atoms with E-state index in [4.69, 9.17) is 5.73 Å². The van der Waals surface area contributed by atoms with Gasteiger partial charge in [-0.15, -0.1) is 0 Å². The van der Waals surface area contributed by atoms with Crippen LogP contribution in [0.2, 0.25) is 0 Å². The molecule has 17 heavy (non-hydrogen) atoms. The molecular weight excluding hydrogens is 210 g/mol. The molecule has 0 atom stereocenters. The molecule has 2 N–H and O–H groups in total. The van der Waals surface area contributed by atoms with Crippen LogP contribution in [-0.2, 0) is 0 Å². The van der Waals surface area contributed by atoms with E-state index in [1.807, 2.05) is 0 Å². The maximum absolute atomic E-state index is 5.98. The van der Waals surface area contributed by atoms with E-state index in [1.165, 1.54) is 71.2 Å². The highest BCUT2D eigenvalue weighted by Crippen LogP contribution is 2.31. The summed E-state index contributed by atoms with van der Waals surface area (Å²) in [7, 11) is 0. The van der Waals surface area contributed by atoms with Gasteiger partial charge >= 0.3 is 0 Å². The van der Waals surface area contributed by atoms with Crippen molar-refractivity contribution in [1.82, 2.24) is 9.80 Å². The molecule has 0 radical (unpaired) electrons. The molecule has 0 amide bonds. The van der Waals surface area contributed by atoms with Crippen molar-refractivity contribution < 1.29 is 0 Å². The third-order valence-corrected chi connectivity index (χ3v) is 4.86. The Morgan fingerprint density at radius 1 is 0.824 bits per heavy atom. The van der Waals surface area contributed by atoms with Crippen LogP contribution < -0.4 is 5.73 Å². The van der Waals surface area contributed by atoms with E-state index in [9.17, 15) is 0 Å². The largest absolute Gasteiger partial charge is 0.328 e. The molecule has 0 bridgehead atoms. The molecule has 0 aromatic carbocycles. The second-order valence-corrected chi connectivity index (χ2v) is 6.35. The Hall–Kier alpha value is -0.120. The lowest BCUT2D eigenvalue weighted by atomic mass is 9.98. The number of nitrogens with two attached hydrogens (primary N) is 1. The van der Waals surface area contributed by atoms with Crippen molar-refractivity contribution in [1.29, 1.82) is 0 Å². The van der Waals surface area contributed by atoms with Crippen LogP contribution in [0.15, 0.2) is 0 Å². The van der Waals surface area contributed by atoms with Gasteiger partial charge in [0.2, 0.25) is 0 Å². The monoisotopic (exact) mass is 237 g/mol. The van der Waals surface area contributed by atoms with E-state index < -0.39 is 0 Å². The lowest BCUT2D eigenvalue weighted by molar-refractivity contribution is 0.0861. The highest BCUT2D eigenvalue weighted by Gasteiger charge is 2.30. The van der Waals surface area contributed by atoms with Gasteiger partial charge in [0.15, 0.2) is 0 Å². The molecule has 3 heteroatoms. The Kier molecular flexibility index (Phi) is 3.69. The molecule has 1 aliphatic carbocycles. The van der Waals surface area contributed by atoms with Gasteiger partial charge in [0, 0.05) is 18.6 Å². The fraction of sp³-hybridized carbons (Fsp3) is 1.00. The van der Waals surface area contributed by atoms with Crippen molar-refractivity contribution >= 4 is 0 Å². The molecule has 0 unspecified atom stereocenters. The van der Waals surface area contributed by atoms with E-state index in [-0.39, 0.29) is 0 Å². The summed E-state index contributed by atoms with van der Waals surface area (Å²) in [6, 6.07) is 1.33. The number of likely N-dealkylation sites (tertiary alicyclic amines) is 2. The van der Waals surface area contributed by atoms with Crippen molar-refractivity contribution in [2.75, 3.05) is 32.7 Å². The number of hydrogen-bond donors (Lipinski definition) is 1. The number of nitrogens with zero attached hydrogens (tertiary/aromatic N) is 2. The zero-order valence-electron chi connectivity index (χ0n) is 11.0. The minimum Gasteiger partial charge on any atom is -0.328 e. The van der Waals surface area contributed by atoms with Crippen LogP contribution in [0.3, 0.4) is 0 Å². The van der Waals surface area contributed by atoms with E-state index in [1.54, 1.807) is 0 Å². The Labute approximate surface area is 105 Å². The van der Waals surface area contributed by atoms with Crippen LogP contribution in [0.25, 0.3) is 0 Å². The van der Waals surface area contributed by atoms with Crippen LogP contribution in [0.1, 0.15) is 38.5 Å². The number of rotatable bonds is 3. The fourth-order valence-corrected chi connectivity index (χ4v) is 3.42. The van der Waals surface area contributed by atoms with Crippen LogP contribution in [0.5, 0.6) is 0 Å². The SMILES string of the molecule is NC1CCN(C2CCN(CC3CC3)CC2)CC1. The zero-order chi connectivity index (χ0) is 11.7. The lowest BCUT2D eigenvalue weighted by Crippen LogP contribution is -2.49. The normalized spacial score (nSPS) is 30.9. The molecule has 0 aromatic rings. The second kappa shape index (κ2) is 5.25. The first-order valence-electron chi connectivity index (χ1n) is 7.53. The van der Waals surface area contributed by atoms with Gasteiger partial charge in [-0.05, 0) is 70.6 Å². The highest BCUT2D eigenvalue weighted by molar-refractivity contribution is 4.86. The Morgan fingerprint density at radius 3 is 2.06 bits per heavy atom. The van der Waals surface area contributed by atoms with Gasteiger partial charge in [-0.1, -0.05) is 0 Å². The van der Waals surface area contributed by atoms with Gasteiger partial charge in [0.25, 0.3) is 0 Å². The van der Waals surface area contributed by atoms with Gasteiger partial charge in [0.1, 0.15) is 0 Å². The molecule has 2 heterocycles. The Balaban J connectivity index is 1.41. The standard InChI is InChI=1S/C14H27N3/c15-13-3-9-17(10-4-13)14-5-7-16(8-6-14)11-12-1-2-12/h12-14H,1-11,15H2. The topological polar surface area (TPSA) is 32.5 Å². The van der Waals surface area contributed by atoms with Crippen molar-refractivity contribution in [2.45, 2.75) is 50.6 Å². The lowest BCUT2D eigenvalue weighted by Gasteiger charge is -2.41. The Bertz CT molecular complexity index is 236. The minimum atomic E-state index is 0.473. The third kappa shape index (κ3) is 3.21. The summed E-state index contributed by atoms with van der Waals surface area (Å²) in [4.78, 5) is 5.40. The first-order chi connectivity index (χ1) is 8.31. The maximum Gasteiger partial charge on any atom is 0.0120 e. The zero-order valence-corrected chi connectivity index (χ0v) is 11.0. The molecule has 0 aromatic heterocycles. The van der Waals surface area contributed by atoms with Crippen LogP contribution in [0, 0.1) is 5.92 Å². The summed E-state index contributed by atoms with van der Waals surface area (Å²) in [6.45, 7) is 6.55.